The zero-order valence-corrected chi connectivity index (χ0v) is 12.4. The van der Waals surface area contributed by atoms with E-state index in [1.807, 2.05) is 9.47 Å². The number of hydrogen-bond acceptors (Lipinski definition) is 7. The minimum atomic E-state index is -0.460. The zero-order chi connectivity index (χ0) is 13.4. The number of thioether (sulfide) groups is 1. The molecule has 98 valence electrons. The molecule has 0 saturated heterocycles. The van der Waals surface area contributed by atoms with Crippen molar-refractivity contribution in [3.63, 3.8) is 0 Å². The number of phenols is 1. The number of aromatic nitrogens is 1. The second kappa shape index (κ2) is 5.07. The van der Waals surface area contributed by atoms with Gasteiger partial charge in [0.25, 0.3) is 0 Å². The van der Waals surface area contributed by atoms with Gasteiger partial charge in [-0.1, -0.05) is 0 Å². The Hall–Kier alpha value is -1.17. The summed E-state index contributed by atoms with van der Waals surface area (Å²) in [6.07, 6.45) is 0. The summed E-state index contributed by atoms with van der Waals surface area (Å²) in [6, 6.07) is 4.58. The first-order valence-corrected chi connectivity index (χ1v) is 7.66. The van der Waals surface area contributed by atoms with E-state index >= 15 is 0 Å². The van der Waals surface area contributed by atoms with Gasteiger partial charge in [0, 0.05) is 5.75 Å². The van der Waals surface area contributed by atoms with E-state index < -0.39 is 6.04 Å². The van der Waals surface area contributed by atoms with Crippen LogP contribution in [0.5, 0.6) is 5.75 Å². The lowest BCUT2D eigenvalue weighted by atomic mass is 10.3. The SMILES string of the molecule is O=C(OP)[C@H]1CSC(c2nc3ccc(O)cc3s2)=N1. The number of hydrogen-bond donors (Lipinski definition) is 1. The summed E-state index contributed by atoms with van der Waals surface area (Å²) < 4.78 is 5.50. The molecule has 0 fully saturated rings. The molecule has 1 unspecified atom stereocenters. The van der Waals surface area contributed by atoms with Crippen molar-refractivity contribution in [2.45, 2.75) is 6.04 Å². The van der Waals surface area contributed by atoms with Crippen LogP contribution in [-0.4, -0.2) is 32.9 Å². The third-order valence-electron chi connectivity index (χ3n) is 2.59. The van der Waals surface area contributed by atoms with Crippen molar-refractivity contribution in [3.05, 3.63) is 23.2 Å². The predicted molar refractivity (Wildman–Crippen MR) is 79.9 cm³/mol. The standard InChI is InChI=1S/C11H9N2O3PS2/c14-5-1-2-6-8(3-5)19-10(12-6)9-13-7(4-18-9)11(15)16-17/h1-3,7,14H,4,17H2/t7-/m1/s1. The summed E-state index contributed by atoms with van der Waals surface area (Å²) in [6.45, 7) is 0. The summed E-state index contributed by atoms with van der Waals surface area (Å²) in [5.41, 5.74) is 0.818. The second-order valence-corrected chi connectivity index (χ2v) is 6.14. The van der Waals surface area contributed by atoms with E-state index in [4.69, 9.17) is 0 Å². The van der Waals surface area contributed by atoms with Crippen molar-refractivity contribution in [3.8, 4) is 5.75 Å². The molecule has 19 heavy (non-hydrogen) atoms. The van der Waals surface area contributed by atoms with Crippen LogP contribution in [-0.2, 0) is 9.32 Å². The molecule has 3 rings (SSSR count). The molecule has 0 saturated carbocycles. The molecule has 0 bridgehead atoms. The number of carbonyl (C=O) groups is 1. The monoisotopic (exact) mass is 312 g/mol. The molecule has 0 spiro atoms. The number of rotatable bonds is 2. The van der Waals surface area contributed by atoms with Crippen molar-refractivity contribution in [2.75, 3.05) is 5.75 Å². The highest BCUT2D eigenvalue weighted by Gasteiger charge is 2.27. The number of nitrogens with zero attached hydrogens (tertiary/aromatic N) is 2. The maximum Gasteiger partial charge on any atom is 0.333 e. The van der Waals surface area contributed by atoms with Gasteiger partial charge in [-0.25, -0.2) is 9.78 Å². The number of phenolic OH excluding ortho intramolecular Hbond substituents is 1. The van der Waals surface area contributed by atoms with Gasteiger partial charge in [-0.05, 0) is 18.2 Å². The maximum atomic E-state index is 11.4. The number of carbonyl (C=O) groups excluding carboxylic acids is 1. The fraction of sp³-hybridized carbons (Fsp3) is 0.182. The summed E-state index contributed by atoms with van der Waals surface area (Å²) in [7, 11) is 1.94. The number of aromatic hydroxyl groups is 1. The number of thiazole rings is 1. The summed E-state index contributed by atoms with van der Waals surface area (Å²) >= 11 is 2.94. The van der Waals surface area contributed by atoms with E-state index in [0.29, 0.717) is 5.75 Å². The lowest BCUT2D eigenvalue weighted by molar-refractivity contribution is -0.133. The minimum Gasteiger partial charge on any atom is -0.508 e. The van der Waals surface area contributed by atoms with E-state index in [-0.39, 0.29) is 11.7 Å². The van der Waals surface area contributed by atoms with E-state index in [0.717, 1.165) is 20.3 Å². The van der Waals surface area contributed by atoms with E-state index in [1.165, 1.54) is 23.1 Å². The van der Waals surface area contributed by atoms with Crippen LogP contribution >= 0.6 is 32.6 Å². The van der Waals surface area contributed by atoms with Gasteiger partial charge in [-0.3, -0.25) is 4.99 Å². The van der Waals surface area contributed by atoms with Crippen molar-refractivity contribution in [1.29, 1.82) is 0 Å². The van der Waals surface area contributed by atoms with Gasteiger partial charge in [0.2, 0.25) is 0 Å². The average Bonchev–Trinajstić information content (AvgIpc) is 3.03. The highest BCUT2D eigenvalue weighted by molar-refractivity contribution is 8.15. The Morgan fingerprint density at radius 3 is 3.16 bits per heavy atom. The number of fused-ring (bicyclic) bond motifs is 1. The average molecular weight is 312 g/mol. The molecule has 5 nitrogen and oxygen atoms in total. The Labute approximate surface area is 119 Å². The van der Waals surface area contributed by atoms with Gasteiger partial charge in [0.1, 0.15) is 15.8 Å². The molecule has 2 atom stereocenters. The Balaban J connectivity index is 1.95. The fourth-order valence-electron chi connectivity index (χ4n) is 1.69. The smallest absolute Gasteiger partial charge is 0.333 e. The lowest BCUT2D eigenvalue weighted by Crippen LogP contribution is -2.17. The van der Waals surface area contributed by atoms with Crippen LogP contribution in [0, 0.1) is 0 Å². The highest BCUT2D eigenvalue weighted by atomic mass is 32.2. The molecule has 0 amide bonds. The van der Waals surface area contributed by atoms with Crippen LogP contribution in [0.25, 0.3) is 10.2 Å². The van der Waals surface area contributed by atoms with Gasteiger partial charge < -0.3 is 9.63 Å². The Kier molecular flexibility index (Phi) is 3.43. The molecule has 1 aromatic carbocycles. The van der Waals surface area contributed by atoms with Gasteiger partial charge in [-0.15, -0.1) is 23.1 Å². The zero-order valence-electron chi connectivity index (χ0n) is 9.57. The molecule has 0 aliphatic carbocycles. The molecule has 1 aromatic heterocycles. The Bertz CT molecular complexity index is 686. The van der Waals surface area contributed by atoms with Crippen LogP contribution < -0.4 is 0 Å². The first-order chi connectivity index (χ1) is 9.17. The third-order valence-corrected chi connectivity index (χ3v) is 5.04. The van der Waals surface area contributed by atoms with Gasteiger partial charge in [0.05, 0.1) is 19.7 Å². The molecular weight excluding hydrogens is 303 g/mol. The second-order valence-electron chi connectivity index (χ2n) is 3.87. The number of aliphatic imine (C=N–C) groups is 1. The molecule has 1 N–H and O–H groups in total. The third kappa shape index (κ3) is 2.45. The minimum absolute atomic E-state index is 0.216. The lowest BCUT2D eigenvalue weighted by Gasteiger charge is -2.00. The van der Waals surface area contributed by atoms with Crippen LogP contribution in [0.1, 0.15) is 5.01 Å². The van der Waals surface area contributed by atoms with Crippen LogP contribution in [0.4, 0.5) is 0 Å². The van der Waals surface area contributed by atoms with E-state index in [1.54, 1.807) is 18.2 Å². The molecule has 0 radical (unpaired) electrons. The summed E-state index contributed by atoms with van der Waals surface area (Å²) in [5.74, 6) is 0.434. The van der Waals surface area contributed by atoms with Crippen molar-refractivity contribution >= 4 is 53.8 Å². The van der Waals surface area contributed by atoms with Crippen molar-refractivity contribution < 1.29 is 14.4 Å². The van der Waals surface area contributed by atoms with Crippen LogP contribution in [0.3, 0.4) is 0 Å². The summed E-state index contributed by atoms with van der Waals surface area (Å²) in [5, 5.41) is 11.0. The fourth-order valence-corrected chi connectivity index (χ4v) is 3.94. The Morgan fingerprint density at radius 2 is 2.37 bits per heavy atom. The topological polar surface area (TPSA) is 71.8 Å². The number of benzene rings is 1. The van der Waals surface area contributed by atoms with Gasteiger partial charge >= 0.3 is 5.97 Å². The molecular formula is C11H9N2O3PS2. The quantitative estimate of drug-likeness (QED) is 0.861. The van der Waals surface area contributed by atoms with Crippen molar-refractivity contribution in [1.82, 2.24) is 4.98 Å². The predicted octanol–water partition coefficient (Wildman–Crippen LogP) is 2.20. The van der Waals surface area contributed by atoms with E-state index in [9.17, 15) is 9.90 Å². The molecule has 8 heteroatoms. The largest absolute Gasteiger partial charge is 0.508 e. The van der Waals surface area contributed by atoms with Crippen LogP contribution in [0.15, 0.2) is 23.2 Å². The first-order valence-electron chi connectivity index (χ1n) is 5.38. The van der Waals surface area contributed by atoms with Crippen LogP contribution in [0.2, 0.25) is 0 Å². The normalized spacial score (nSPS) is 18.6. The molecule has 2 aromatic rings. The molecule has 1 aliphatic heterocycles. The highest BCUT2D eigenvalue weighted by Crippen LogP contribution is 2.31. The maximum absolute atomic E-state index is 11.4. The molecule has 2 heterocycles. The van der Waals surface area contributed by atoms with Crippen molar-refractivity contribution in [2.24, 2.45) is 4.99 Å². The Morgan fingerprint density at radius 1 is 1.53 bits per heavy atom. The van der Waals surface area contributed by atoms with Gasteiger partial charge in [-0.2, -0.15) is 0 Å². The van der Waals surface area contributed by atoms with E-state index in [2.05, 4.69) is 14.5 Å². The summed E-state index contributed by atoms with van der Waals surface area (Å²) in [4.78, 5) is 20.2. The molecule has 1 aliphatic rings. The van der Waals surface area contributed by atoms with Gasteiger partial charge in [0.15, 0.2) is 6.04 Å². The first kappa shape index (κ1) is 12.8.